The second-order valence-corrected chi connectivity index (χ2v) is 6.14. The van der Waals surface area contributed by atoms with Crippen LogP contribution in [0, 0.1) is 23.0 Å². The van der Waals surface area contributed by atoms with Crippen LogP contribution in [0.25, 0.3) is 0 Å². The van der Waals surface area contributed by atoms with Crippen LogP contribution < -0.4 is 9.64 Å². The number of hydrogen-bond donors (Lipinski definition) is 0. The summed E-state index contributed by atoms with van der Waals surface area (Å²) in [5, 5.41) is 11.4. The molecule has 0 radical (unpaired) electrons. The molecule has 1 atom stereocenters. The van der Waals surface area contributed by atoms with Gasteiger partial charge < -0.3 is 9.64 Å². The van der Waals surface area contributed by atoms with Crippen molar-refractivity contribution in [3.05, 3.63) is 58.3 Å². The van der Waals surface area contributed by atoms with E-state index in [1.54, 1.807) is 19.2 Å². The molecule has 1 aromatic heterocycles. The van der Waals surface area contributed by atoms with E-state index < -0.39 is 0 Å². The highest BCUT2D eigenvalue weighted by Gasteiger charge is 2.28. The second-order valence-electron chi connectivity index (χ2n) is 6.14. The zero-order valence-corrected chi connectivity index (χ0v) is 13.7. The summed E-state index contributed by atoms with van der Waals surface area (Å²) in [6.45, 7) is 3.88. The van der Waals surface area contributed by atoms with Crippen LogP contribution in [-0.4, -0.2) is 29.6 Å². The van der Waals surface area contributed by atoms with E-state index in [2.05, 4.69) is 4.98 Å². The fourth-order valence-corrected chi connectivity index (χ4v) is 3.12. The average molecular weight is 327 g/mol. The lowest BCUT2D eigenvalue weighted by Gasteiger charge is -2.33. The van der Waals surface area contributed by atoms with E-state index in [1.807, 2.05) is 35.2 Å². The largest absolute Gasteiger partial charge is 0.493 e. The Morgan fingerprint density at radius 3 is 2.88 bits per heavy atom. The summed E-state index contributed by atoms with van der Waals surface area (Å²) < 4.78 is 5.85. The summed E-state index contributed by atoms with van der Waals surface area (Å²) in [6.07, 6.45) is 3.68. The van der Waals surface area contributed by atoms with E-state index in [-0.39, 0.29) is 10.6 Å². The molecule has 6 nitrogen and oxygen atoms in total. The number of ether oxygens (including phenoxy) is 1. The molecule has 126 valence electrons. The Kier molecular flexibility index (Phi) is 4.93. The van der Waals surface area contributed by atoms with Gasteiger partial charge in [-0.25, -0.2) is 4.98 Å². The Hall–Kier alpha value is -2.63. The van der Waals surface area contributed by atoms with Gasteiger partial charge in [-0.1, -0.05) is 18.2 Å². The van der Waals surface area contributed by atoms with Crippen LogP contribution in [-0.2, 0) is 0 Å². The highest BCUT2D eigenvalue weighted by atomic mass is 16.6. The minimum Gasteiger partial charge on any atom is -0.493 e. The SMILES string of the molecule is Cc1ccnc(N2CCCC(COc3ccccc3)C2)c1[N+](=O)[O-]. The molecule has 2 aromatic rings. The number of hydrogen-bond acceptors (Lipinski definition) is 5. The molecule has 0 amide bonds. The molecule has 6 heteroatoms. The predicted molar refractivity (Wildman–Crippen MR) is 92.5 cm³/mol. The van der Waals surface area contributed by atoms with Crippen molar-refractivity contribution in [3.8, 4) is 5.75 Å². The zero-order valence-electron chi connectivity index (χ0n) is 13.7. The van der Waals surface area contributed by atoms with Crippen LogP contribution in [0.2, 0.25) is 0 Å². The van der Waals surface area contributed by atoms with E-state index in [0.29, 0.717) is 23.9 Å². The molecule has 3 rings (SSSR count). The lowest BCUT2D eigenvalue weighted by Crippen LogP contribution is -2.38. The lowest BCUT2D eigenvalue weighted by molar-refractivity contribution is -0.384. The molecule has 24 heavy (non-hydrogen) atoms. The van der Waals surface area contributed by atoms with Crippen molar-refractivity contribution in [1.82, 2.24) is 4.98 Å². The molecular formula is C18H21N3O3. The minimum absolute atomic E-state index is 0.113. The Morgan fingerprint density at radius 2 is 2.12 bits per heavy atom. The summed E-state index contributed by atoms with van der Waals surface area (Å²) in [7, 11) is 0. The molecule has 1 aliphatic heterocycles. The van der Waals surface area contributed by atoms with Gasteiger partial charge in [-0.3, -0.25) is 10.1 Å². The molecule has 1 unspecified atom stereocenters. The quantitative estimate of drug-likeness (QED) is 0.620. The topological polar surface area (TPSA) is 68.5 Å². The van der Waals surface area contributed by atoms with Gasteiger partial charge in [0.1, 0.15) is 5.75 Å². The Bertz CT molecular complexity index is 706. The number of benzene rings is 1. The second kappa shape index (κ2) is 7.29. The van der Waals surface area contributed by atoms with E-state index >= 15 is 0 Å². The number of pyridine rings is 1. The van der Waals surface area contributed by atoms with Crippen molar-refractivity contribution in [2.24, 2.45) is 5.92 Å². The molecule has 0 spiro atoms. The molecule has 0 N–H and O–H groups in total. The van der Waals surface area contributed by atoms with Crippen LogP contribution in [0.3, 0.4) is 0 Å². The third kappa shape index (κ3) is 3.64. The number of aryl methyl sites for hydroxylation is 1. The Balaban J connectivity index is 1.70. The molecule has 1 aliphatic rings. The van der Waals surface area contributed by atoms with Crippen LogP contribution in [0.5, 0.6) is 5.75 Å². The van der Waals surface area contributed by atoms with Crippen LogP contribution in [0.1, 0.15) is 18.4 Å². The maximum Gasteiger partial charge on any atom is 0.314 e. The number of rotatable bonds is 5. The van der Waals surface area contributed by atoms with E-state index in [1.165, 1.54) is 0 Å². The minimum atomic E-state index is -0.332. The molecule has 1 fully saturated rings. The first-order valence-electron chi connectivity index (χ1n) is 8.18. The number of nitrogens with zero attached hydrogens (tertiary/aromatic N) is 3. The van der Waals surface area contributed by atoms with Crippen LogP contribution in [0.15, 0.2) is 42.6 Å². The van der Waals surface area contributed by atoms with Gasteiger partial charge in [0, 0.05) is 30.8 Å². The van der Waals surface area contributed by atoms with Gasteiger partial charge in [-0.05, 0) is 38.0 Å². The first-order valence-corrected chi connectivity index (χ1v) is 8.18. The molecule has 0 bridgehead atoms. The number of para-hydroxylation sites is 1. The highest BCUT2D eigenvalue weighted by molar-refractivity contribution is 5.61. The van der Waals surface area contributed by atoms with Crippen molar-refractivity contribution < 1.29 is 9.66 Å². The third-order valence-corrected chi connectivity index (χ3v) is 4.34. The summed E-state index contributed by atoms with van der Waals surface area (Å²) in [6, 6.07) is 11.4. The van der Waals surface area contributed by atoms with Gasteiger partial charge in [0.25, 0.3) is 0 Å². The van der Waals surface area contributed by atoms with Gasteiger partial charge in [-0.2, -0.15) is 0 Å². The predicted octanol–water partition coefficient (Wildman–Crippen LogP) is 3.59. The van der Waals surface area contributed by atoms with E-state index in [0.717, 1.165) is 31.7 Å². The van der Waals surface area contributed by atoms with Crippen molar-refractivity contribution in [1.29, 1.82) is 0 Å². The fourth-order valence-electron chi connectivity index (χ4n) is 3.12. The van der Waals surface area contributed by atoms with E-state index in [4.69, 9.17) is 4.74 Å². The molecule has 1 saturated heterocycles. The molecule has 1 aromatic carbocycles. The average Bonchev–Trinajstić information content (AvgIpc) is 2.60. The number of piperidine rings is 1. The number of anilines is 1. The van der Waals surface area contributed by atoms with Crippen LogP contribution >= 0.6 is 0 Å². The van der Waals surface area contributed by atoms with Gasteiger partial charge >= 0.3 is 5.69 Å². The Morgan fingerprint density at radius 1 is 1.33 bits per heavy atom. The van der Waals surface area contributed by atoms with Crippen molar-refractivity contribution in [3.63, 3.8) is 0 Å². The summed E-state index contributed by atoms with van der Waals surface area (Å²) in [5.41, 5.74) is 0.759. The fraction of sp³-hybridized carbons (Fsp3) is 0.389. The van der Waals surface area contributed by atoms with Gasteiger partial charge in [-0.15, -0.1) is 0 Å². The molecule has 0 aliphatic carbocycles. The summed E-state index contributed by atoms with van der Waals surface area (Å²) in [5.74, 6) is 1.67. The number of nitro groups is 1. The monoisotopic (exact) mass is 327 g/mol. The summed E-state index contributed by atoms with van der Waals surface area (Å²) >= 11 is 0. The first kappa shape index (κ1) is 16.2. The summed E-state index contributed by atoms with van der Waals surface area (Å²) in [4.78, 5) is 17.4. The van der Waals surface area contributed by atoms with Crippen LogP contribution in [0.4, 0.5) is 11.5 Å². The van der Waals surface area contributed by atoms with Gasteiger partial charge in [0.05, 0.1) is 11.5 Å². The number of aromatic nitrogens is 1. The van der Waals surface area contributed by atoms with E-state index in [9.17, 15) is 10.1 Å². The third-order valence-electron chi connectivity index (χ3n) is 4.34. The standard InChI is InChI=1S/C18H21N3O3/c1-14-9-10-19-18(17(14)21(22)23)20-11-5-6-15(12-20)13-24-16-7-3-2-4-8-16/h2-4,7-10,15H,5-6,11-13H2,1H3. The molecular weight excluding hydrogens is 306 g/mol. The van der Waals surface area contributed by atoms with Crippen molar-refractivity contribution in [2.45, 2.75) is 19.8 Å². The maximum absolute atomic E-state index is 11.4. The molecule has 2 heterocycles. The maximum atomic E-state index is 11.4. The lowest BCUT2D eigenvalue weighted by atomic mass is 9.98. The molecule has 0 saturated carbocycles. The van der Waals surface area contributed by atoms with Gasteiger partial charge in [0.2, 0.25) is 5.82 Å². The highest BCUT2D eigenvalue weighted by Crippen LogP contribution is 2.32. The first-order chi connectivity index (χ1) is 11.6. The van der Waals surface area contributed by atoms with Gasteiger partial charge in [0.15, 0.2) is 0 Å². The smallest absolute Gasteiger partial charge is 0.314 e. The normalized spacial score (nSPS) is 17.5. The van der Waals surface area contributed by atoms with Crippen molar-refractivity contribution in [2.75, 3.05) is 24.6 Å². The Labute approximate surface area is 141 Å². The zero-order chi connectivity index (χ0) is 16.9. The van der Waals surface area contributed by atoms with Crippen molar-refractivity contribution >= 4 is 11.5 Å².